The molecule has 2 heteroatoms. The SMILES string of the molecule is CO[C@@H](C)[C@H](C)/C(=C/c1ccccc1)[Si](C)(C)C. The van der Waals surface area contributed by atoms with Crippen molar-refractivity contribution in [3.63, 3.8) is 0 Å². The lowest BCUT2D eigenvalue weighted by Gasteiger charge is -2.30. The Kier molecular flexibility index (Phi) is 5.36. The van der Waals surface area contributed by atoms with E-state index in [0.717, 1.165) is 0 Å². The van der Waals surface area contributed by atoms with E-state index < -0.39 is 8.07 Å². The molecule has 1 rings (SSSR count). The molecule has 1 aromatic rings. The number of hydrogen-bond donors (Lipinski definition) is 0. The van der Waals surface area contributed by atoms with Crippen LogP contribution in [0.4, 0.5) is 0 Å². The van der Waals surface area contributed by atoms with Crippen LogP contribution in [0.2, 0.25) is 19.6 Å². The zero-order valence-electron chi connectivity index (χ0n) is 12.5. The van der Waals surface area contributed by atoms with Crippen LogP contribution < -0.4 is 0 Å². The first kappa shape index (κ1) is 15.2. The van der Waals surface area contributed by atoms with E-state index in [1.807, 2.05) is 0 Å². The normalized spacial score (nSPS) is 16.4. The summed E-state index contributed by atoms with van der Waals surface area (Å²) in [6, 6.07) is 10.6. The maximum absolute atomic E-state index is 5.51. The minimum atomic E-state index is -1.33. The molecule has 0 fully saturated rings. The fraction of sp³-hybridized carbons (Fsp3) is 0.500. The van der Waals surface area contributed by atoms with Crippen molar-refractivity contribution in [2.45, 2.75) is 39.6 Å². The van der Waals surface area contributed by atoms with Crippen molar-refractivity contribution in [1.82, 2.24) is 0 Å². The molecule has 0 N–H and O–H groups in total. The summed E-state index contributed by atoms with van der Waals surface area (Å²) in [7, 11) is 0.467. The van der Waals surface area contributed by atoms with Crippen molar-refractivity contribution in [2.75, 3.05) is 7.11 Å². The summed E-state index contributed by atoms with van der Waals surface area (Å²) in [4.78, 5) is 0. The Morgan fingerprint density at radius 2 is 1.67 bits per heavy atom. The Bertz CT molecular complexity index is 389. The number of methoxy groups -OCH3 is 1. The van der Waals surface area contributed by atoms with Crippen LogP contribution in [0, 0.1) is 5.92 Å². The van der Waals surface area contributed by atoms with Gasteiger partial charge in [-0.25, -0.2) is 0 Å². The second-order valence-electron chi connectivity index (χ2n) is 5.99. The largest absolute Gasteiger partial charge is 0.381 e. The lowest BCUT2D eigenvalue weighted by Crippen LogP contribution is -2.33. The van der Waals surface area contributed by atoms with Crippen molar-refractivity contribution in [3.05, 3.63) is 41.1 Å². The van der Waals surface area contributed by atoms with Gasteiger partial charge >= 0.3 is 0 Å². The highest BCUT2D eigenvalue weighted by Crippen LogP contribution is 2.28. The quantitative estimate of drug-likeness (QED) is 0.704. The van der Waals surface area contributed by atoms with Gasteiger partial charge in [-0.2, -0.15) is 0 Å². The summed E-state index contributed by atoms with van der Waals surface area (Å²) in [6.07, 6.45) is 2.64. The molecular weight excluding hydrogens is 236 g/mol. The average Bonchev–Trinajstić information content (AvgIpc) is 2.34. The monoisotopic (exact) mass is 262 g/mol. The van der Waals surface area contributed by atoms with Gasteiger partial charge in [-0.15, -0.1) is 0 Å². The number of ether oxygens (including phenoxy) is 1. The lowest BCUT2D eigenvalue weighted by molar-refractivity contribution is 0.0883. The Morgan fingerprint density at radius 1 is 1.11 bits per heavy atom. The summed E-state index contributed by atoms with van der Waals surface area (Å²) in [5.41, 5.74) is 1.30. The van der Waals surface area contributed by atoms with Gasteiger partial charge in [0.15, 0.2) is 0 Å². The maximum Gasteiger partial charge on any atom is 0.0729 e. The molecule has 0 unspecified atom stereocenters. The lowest BCUT2D eigenvalue weighted by atomic mass is 10.0. The third kappa shape index (κ3) is 4.11. The van der Waals surface area contributed by atoms with Crippen molar-refractivity contribution in [1.29, 1.82) is 0 Å². The van der Waals surface area contributed by atoms with E-state index in [2.05, 4.69) is 69.9 Å². The van der Waals surface area contributed by atoms with E-state index in [-0.39, 0.29) is 6.10 Å². The molecule has 0 aliphatic carbocycles. The van der Waals surface area contributed by atoms with Crippen LogP contribution in [0.1, 0.15) is 19.4 Å². The zero-order valence-corrected chi connectivity index (χ0v) is 13.5. The van der Waals surface area contributed by atoms with E-state index >= 15 is 0 Å². The molecule has 1 aromatic carbocycles. The summed E-state index contributed by atoms with van der Waals surface area (Å²) >= 11 is 0. The molecule has 0 aliphatic heterocycles. The number of hydrogen-bond acceptors (Lipinski definition) is 1. The van der Waals surface area contributed by atoms with Crippen LogP contribution in [0.15, 0.2) is 35.5 Å². The molecular formula is C16H26OSi. The first-order valence-corrected chi connectivity index (χ1v) is 10.2. The molecule has 1 nitrogen and oxygen atoms in total. The van der Waals surface area contributed by atoms with Crippen LogP contribution in [0.25, 0.3) is 6.08 Å². The van der Waals surface area contributed by atoms with Crippen LogP contribution in [-0.4, -0.2) is 21.3 Å². The van der Waals surface area contributed by atoms with Gasteiger partial charge in [-0.3, -0.25) is 0 Å². The fourth-order valence-corrected chi connectivity index (χ4v) is 4.42. The van der Waals surface area contributed by atoms with Gasteiger partial charge in [-0.1, -0.05) is 68.2 Å². The fourth-order valence-electron chi connectivity index (χ4n) is 2.22. The minimum absolute atomic E-state index is 0.270. The smallest absolute Gasteiger partial charge is 0.0729 e. The molecule has 18 heavy (non-hydrogen) atoms. The average molecular weight is 262 g/mol. The topological polar surface area (TPSA) is 9.23 Å². The van der Waals surface area contributed by atoms with Crippen LogP contribution in [-0.2, 0) is 4.74 Å². The molecule has 0 saturated carbocycles. The highest BCUT2D eigenvalue weighted by molar-refractivity contribution is 6.83. The van der Waals surface area contributed by atoms with Gasteiger partial charge in [0.1, 0.15) is 0 Å². The zero-order chi connectivity index (χ0) is 13.8. The van der Waals surface area contributed by atoms with Crippen LogP contribution in [0.5, 0.6) is 0 Å². The third-order valence-electron chi connectivity index (χ3n) is 3.55. The first-order chi connectivity index (χ1) is 8.36. The number of benzene rings is 1. The van der Waals surface area contributed by atoms with E-state index in [9.17, 15) is 0 Å². The van der Waals surface area contributed by atoms with E-state index in [1.54, 1.807) is 12.3 Å². The second kappa shape index (κ2) is 6.35. The van der Waals surface area contributed by atoms with Gasteiger partial charge in [-0.05, 0) is 18.4 Å². The Balaban J connectivity index is 3.11. The van der Waals surface area contributed by atoms with Gasteiger partial charge in [0.25, 0.3) is 0 Å². The van der Waals surface area contributed by atoms with Crippen LogP contribution in [0.3, 0.4) is 0 Å². The summed E-state index contributed by atoms with van der Waals surface area (Å²) in [5.74, 6) is 0.474. The molecule has 0 radical (unpaired) electrons. The standard InChI is InChI=1S/C16H26OSi/c1-13(14(2)17-3)16(18(4,5)6)12-15-10-8-7-9-11-15/h7-14H,1-6H3/b16-12-/t13-,14-/m0/s1. The Morgan fingerprint density at radius 3 is 2.11 bits per heavy atom. The molecule has 0 aliphatic rings. The second-order valence-corrected chi connectivity index (χ2v) is 11.1. The number of rotatable bonds is 5. The van der Waals surface area contributed by atoms with Gasteiger partial charge in [0, 0.05) is 7.11 Å². The molecule has 0 spiro atoms. The molecule has 0 bridgehead atoms. The predicted molar refractivity (Wildman–Crippen MR) is 83.4 cm³/mol. The molecule has 0 saturated heterocycles. The molecule has 0 aromatic heterocycles. The van der Waals surface area contributed by atoms with Crippen molar-refractivity contribution < 1.29 is 4.74 Å². The van der Waals surface area contributed by atoms with Gasteiger partial charge in [0.2, 0.25) is 0 Å². The van der Waals surface area contributed by atoms with Crippen molar-refractivity contribution in [2.24, 2.45) is 5.92 Å². The summed E-state index contributed by atoms with van der Waals surface area (Å²) in [5, 5.41) is 1.57. The maximum atomic E-state index is 5.51. The van der Waals surface area contributed by atoms with Crippen molar-refractivity contribution >= 4 is 14.1 Å². The molecule has 0 heterocycles. The van der Waals surface area contributed by atoms with E-state index in [4.69, 9.17) is 4.74 Å². The molecule has 100 valence electrons. The highest BCUT2D eigenvalue weighted by Gasteiger charge is 2.27. The predicted octanol–water partition coefficient (Wildman–Crippen LogP) is 4.62. The molecule has 0 amide bonds. The van der Waals surface area contributed by atoms with Crippen molar-refractivity contribution in [3.8, 4) is 0 Å². The summed E-state index contributed by atoms with van der Waals surface area (Å²) < 4.78 is 5.51. The van der Waals surface area contributed by atoms with Gasteiger partial charge in [0.05, 0.1) is 14.2 Å². The third-order valence-corrected chi connectivity index (χ3v) is 5.89. The van der Waals surface area contributed by atoms with Gasteiger partial charge < -0.3 is 4.74 Å². The van der Waals surface area contributed by atoms with E-state index in [0.29, 0.717) is 5.92 Å². The Labute approximate surface area is 113 Å². The molecule has 2 atom stereocenters. The summed E-state index contributed by atoms with van der Waals surface area (Å²) in [6.45, 7) is 11.6. The first-order valence-electron chi connectivity index (χ1n) is 6.66. The Hall–Kier alpha value is -0.863. The minimum Gasteiger partial charge on any atom is -0.381 e. The van der Waals surface area contributed by atoms with E-state index in [1.165, 1.54) is 5.56 Å². The van der Waals surface area contributed by atoms with Crippen LogP contribution >= 0.6 is 0 Å². The highest BCUT2D eigenvalue weighted by atomic mass is 28.3.